The van der Waals surface area contributed by atoms with Crippen LogP contribution in [0.4, 0.5) is 5.82 Å². The number of nitrogens with zero attached hydrogens (tertiary/aromatic N) is 5. The molecule has 4 heterocycles. The average Bonchev–Trinajstić information content (AvgIpc) is 3.23. The monoisotopic (exact) mass is 429 g/mol. The third kappa shape index (κ3) is 3.58. The summed E-state index contributed by atoms with van der Waals surface area (Å²) in [6, 6.07) is 12.3. The molecule has 32 heavy (non-hydrogen) atoms. The molecular weight excluding hydrogens is 402 g/mol. The number of aryl methyl sites for hydroxylation is 1. The molecule has 0 saturated carbocycles. The summed E-state index contributed by atoms with van der Waals surface area (Å²) in [6.45, 7) is 5.88. The summed E-state index contributed by atoms with van der Waals surface area (Å²) < 4.78 is 13.6. The predicted octanol–water partition coefficient (Wildman–Crippen LogP) is 4.32. The molecule has 0 radical (unpaired) electrons. The highest BCUT2D eigenvalue weighted by molar-refractivity contribution is 5.99. The van der Waals surface area contributed by atoms with Crippen LogP contribution in [0.2, 0.25) is 0 Å². The summed E-state index contributed by atoms with van der Waals surface area (Å²) in [4.78, 5) is 11.8. The van der Waals surface area contributed by atoms with Crippen molar-refractivity contribution in [2.45, 2.75) is 26.1 Å². The average molecular weight is 430 g/mol. The summed E-state index contributed by atoms with van der Waals surface area (Å²) >= 11 is 0. The Labute approximate surface area is 187 Å². The Hall–Kier alpha value is -3.45. The van der Waals surface area contributed by atoms with Crippen molar-refractivity contribution in [3.63, 3.8) is 0 Å². The second-order valence-electron chi connectivity index (χ2n) is 8.31. The number of aromatic nitrogens is 4. The lowest BCUT2D eigenvalue weighted by molar-refractivity contribution is -0.00545. The molecule has 1 fully saturated rings. The number of morpholine rings is 1. The Kier molecular flexibility index (Phi) is 5.27. The molecule has 4 aromatic rings. The Balaban J connectivity index is 1.54. The first-order chi connectivity index (χ1) is 15.5. The van der Waals surface area contributed by atoms with Gasteiger partial charge in [-0.3, -0.25) is 9.67 Å². The van der Waals surface area contributed by atoms with Crippen LogP contribution in [-0.2, 0) is 11.8 Å². The van der Waals surface area contributed by atoms with Gasteiger partial charge in [-0.05, 0) is 38.1 Å². The standard InChI is InChI=1S/C25H27N5O2/c1-16-14-30(15-17(2)32-16)23-9-8-18(12-26-23)21-13-27-24-19(22-10-11-28-29(22)3)6-5-7-20(24)25(21)31-4/h5-13,16-17H,14-15H2,1-4H3. The van der Waals surface area contributed by atoms with Crippen molar-refractivity contribution in [2.75, 3.05) is 25.1 Å². The van der Waals surface area contributed by atoms with E-state index in [4.69, 9.17) is 19.4 Å². The Morgan fingerprint density at radius 1 is 0.969 bits per heavy atom. The number of rotatable bonds is 4. The number of anilines is 1. The summed E-state index contributed by atoms with van der Waals surface area (Å²) in [7, 11) is 3.64. The van der Waals surface area contributed by atoms with E-state index in [1.165, 1.54) is 0 Å². The first-order valence-electron chi connectivity index (χ1n) is 10.9. The van der Waals surface area contributed by atoms with Crippen molar-refractivity contribution in [2.24, 2.45) is 7.05 Å². The molecule has 164 valence electrons. The van der Waals surface area contributed by atoms with E-state index in [0.717, 1.165) is 57.9 Å². The van der Waals surface area contributed by atoms with Crippen LogP contribution in [0, 0.1) is 0 Å². The molecule has 7 nitrogen and oxygen atoms in total. The van der Waals surface area contributed by atoms with Gasteiger partial charge in [-0.15, -0.1) is 0 Å². The Morgan fingerprint density at radius 3 is 2.44 bits per heavy atom. The first kappa shape index (κ1) is 20.5. The first-order valence-corrected chi connectivity index (χ1v) is 10.9. The zero-order valence-corrected chi connectivity index (χ0v) is 18.8. The molecule has 2 atom stereocenters. The highest BCUT2D eigenvalue weighted by atomic mass is 16.5. The zero-order chi connectivity index (χ0) is 22.2. The second kappa shape index (κ2) is 8.24. The molecule has 2 unspecified atom stereocenters. The van der Waals surface area contributed by atoms with Crippen molar-refractivity contribution in [3.05, 3.63) is 55.0 Å². The summed E-state index contributed by atoms with van der Waals surface area (Å²) in [5.74, 6) is 1.75. The van der Waals surface area contributed by atoms with Crippen molar-refractivity contribution < 1.29 is 9.47 Å². The number of ether oxygens (including phenoxy) is 2. The van der Waals surface area contributed by atoms with E-state index in [1.807, 2.05) is 42.3 Å². The molecule has 5 rings (SSSR count). The van der Waals surface area contributed by atoms with E-state index < -0.39 is 0 Å². The summed E-state index contributed by atoms with van der Waals surface area (Å²) in [5, 5.41) is 5.26. The van der Waals surface area contributed by atoms with E-state index in [1.54, 1.807) is 13.3 Å². The van der Waals surface area contributed by atoms with Crippen LogP contribution >= 0.6 is 0 Å². The van der Waals surface area contributed by atoms with Gasteiger partial charge in [0, 0.05) is 60.8 Å². The lowest BCUT2D eigenvalue weighted by atomic mass is 10.0. The quantitative estimate of drug-likeness (QED) is 0.481. The molecule has 0 spiro atoms. The molecule has 1 aliphatic heterocycles. The van der Waals surface area contributed by atoms with Gasteiger partial charge < -0.3 is 14.4 Å². The number of methoxy groups -OCH3 is 1. The van der Waals surface area contributed by atoms with Crippen LogP contribution in [0.3, 0.4) is 0 Å². The fraction of sp³-hybridized carbons (Fsp3) is 0.320. The predicted molar refractivity (Wildman–Crippen MR) is 126 cm³/mol. The largest absolute Gasteiger partial charge is 0.495 e. The summed E-state index contributed by atoms with van der Waals surface area (Å²) in [6.07, 6.45) is 5.95. The maximum absolute atomic E-state index is 5.87. The van der Waals surface area contributed by atoms with E-state index in [2.05, 4.69) is 42.0 Å². The minimum Gasteiger partial charge on any atom is -0.495 e. The molecular formula is C25H27N5O2. The molecule has 0 bridgehead atoms. The smallest absolute Gasteiger partial charge is 0.137 e. The second-order valence-corrected chi connectivity index (χ2v) is 8.31. The molecule has 1 aromatic carbocycles. The molecule has 0 amide bonds. The number of pyridine rings is 2. The van der Waals surface area contributed by atoms with Crippen molar-refractivity contribution >= 4 is 16.7 Å². The van der Waals surface area contributed by atoms with Gasteiger partial charge in [-0.2, -0.15) is 5.10 Å². The van der Waals surface area contributed by atoms with Crippen molar-refractivity contribution in [3.8, 4) is 28.1 Å². The maximum Gasteiger partial charge on any atom is 0.137 e. The number of hydrogen-bond donors (Lipinski definition) is 0. The Bertz CT molecular complexity index is 1240. The Morgan fingerprint density at radius 2 is 1.78 bits per heavy atom. The van der Waals surface area contributed by atoms with E-state index >= 15 is 0 Å². The number of para-hydroxylation sites is 1. The van der Waals surface area contributed by atoms with Gasteiger partial charge in [-0.25, -0.2) is 4.98 Å². The van der Waals surface area contributed by atoms with E-state index in [-0.39, 0.29) is 12.2 Å². The fourth-order valence-electron chi connectivity index (χ4n) is 4.57. The van der Waals surface area contributed by atoms with Crippen LogP contribution < -0.4 is 9.64 Å². The lowest BCUT2D eigenvalue weighted by Gasteiger charge is -2.36. The maximum atomic E-state index is 5.87. The van der Waals surface area contributed by atoms with Gasteiger partial charge in [0.25, 0.3) is 0 Å². The molecule has 1 aliphatic rings. The number of benzene rings is 1. The van der Waals surface area contributed by atoms with Gasteiger partial charge in [0.05, 0.1) is 30.5 Å². The van der Waals surface area contributed by atoms with Gasteiger partial charge >= 0.3 is 0 Å². The van der Waals surface area contributed by atoms with Gasteiger partial charge in [0.1, 0.15) is 11.6 Å². The van der Waals surface area contributed by atoms with Crippen LogP contribution in [0.5, 0.6) is 5.75 Å². The zero-order valence-electron chi connectivity index (χ0n) is 18.8. The van der Waals surface area contributed by atoms with Crippen LogP contribution in [0.25, 0.3) is 33.3 Å². The van der Waals surface area contributed by atoms with Gasteiger partial charge in [0.2, 0.25) is 0 Å². The lowest BCUT2D eigenvalue weighted by Crippen LogP contribution is -2.45. The van der Waals surface area contributed by atoms with Gasteiger partial charge in [-0.1, -0.05) is 12.1 Å². The van der Waals surface area contributed by atoms with Crippen molar-refractivity contribution in [1.82, 2.24) is 19.7 Å². The molecule has 0 N–H and O–H groups in total. The third-order valence-corrected chi connectivity index (χ3v) is 5.95. The molecule has 3 aromatic heterocycles. The molecule has 7 heteroatoms. The summed E-state index contributed by atoms with van der Waals surface area (Å²) in [5.41, 5.74) is 4.82. The van der Waals surface area contributed by atoms with Crippen molar-refractivity contribution in [1.29, 1.82) is 0 Å². The van der Waals surface area contributed by atoms with E-state index in [9.17, 15) is 0 Å². The minimum atomic E-state index is 0.193. The fourth-order valence-corrected chi connectivity index (χ4v) is 4.57. The van der Waals surface area contributed by atoms with Crippen LogP contribution in [0.1, 0.15) is 13.8 Å². The minimum absolute atomic E-state index is 0.193. The highest BCUT2D eigenvalue weighted by Gasteiger charge is 2.23. The third-order valence-electron chi connectivity index (χ3n) is 5.95. The normalized spacial score (nSPS) is 18.8. The number of fused-ring (bicyclic) bond motifs is 1. The topological polar surface area (TPSA) is 65.3 Å². The SMILES string of the molecule is COc1c(-c2ccc(N3CC(C)OC(C)C3)nc2)cnc2c(-c3ccnn3C)cccc12. The molecule has 0 aliphatic carbocycles. The van der Waals surface area contributed by atoms with Crippen LogP contribution in [0.15, 0.2) is 55.0 Å². The number of hydrogen-bond acceptors (Lipinski definition) is 6. The van der Waals surface area contributed by atoms with Gasteiger partial charge in [0.15, 0.2) is 0 Å². The highest BCUT2D eigenvalue weighted by Crippen LogP contribution is 2.38. The van der Waals surface area contributed by atoms with Crippen LogP contribution in [-0.4, -0.2) is 52.2 Å². The molecule has 1 saturated heterocycles. The van der Waals surface area contributed by atoms with E-state index in [0.29, 0.717) is 0 Å².